The Bertz CT molecular complexity index is 1170. The van der Waals surface area contributed by atoms with Crippen LogP contribution in [0.25, 0.3) is 0 Å². The molecule has 0 aromatic heterocycles. The molecule has 0 saturated carbocycles. The summed E-state index contributed by atoms with van der Waals surface area (Å²) >= 11 is 0. The number of carbonyl (C=O) groups is 2. The normalized spacial score (nSPS) is 12.9. The highest BCUT2D eigenvalue weighted by atomic mass is 19.1. The first-order chi connectivity index (χ1) is 16.0. The second kappa shape index (κ2) is 9.60. The van der Waals surface area contributed by atoms with Gasteiger partial charge >= 0.3 is 0 Å². The van der Waals surface area contributed by atoms with E-state index in [0.717, 1.165) is 0 Å². The Hall–Kier alpha value is -4.07. The maximum atomic E-state index is 14.1. The monoisotopic (exact) mass is 450 g/mol. The third-order valence-corrected chi connectivity index (χ3v) is 5.36. The van der Waals surface area contributed by atoms with Crippen molar-refractivity contribution in [2.75, 3.05) is 26.1 Å². The first-order valence-electron chi connectivity index (χ1n) is 10.3. The first-order valence-corrected chi connectivity index (χ1v) is 10.3. The fourth-order valence-electron chi connectivity index (χ4n) is 3.69. The van der Waals surface area contributed by atoms with Gasteiger partial charge in [-0.2, -0.15) is 0 Å². The predicted octanol–water partition coefficient (Wildman–Crippen LogP) is 4.02. The third kappa shape index (κ3) is 4.74. The van der Waals surface area contributed by atoms with Gasteiger partial charge in [-0.1, -0.05) is 24.3 Å². The highest BCUT2D eigenvalue weighted by Crippen LogP contribution is 2.31. The standard InChI is InChI=1S/C25H23FN2O5/c1-31-21-8-5-9-22(32-2)24(21)25(30)27-18-10-11-20-17(12-18)14-28(23(29)15-33-20)13-16-6-3-4-7-19(16)26/h3-12H,13-15H2,1-2H3,(H,27,30). The summed E-state index contributed by atoms with van der Waals surface area (Å²) in [6.07, 6.45) is 0. The molecule has 4 rings (SSSR count). The fraction of sp³-hybridized carbons (Fsp3) is 0.200. The summed E-state index contributed by atoms with van der Waals surface area (Å²) in [6.45, 7) is 0.180. The van der Waals surface area contributed by atoms with Gasteiger partial charge in [-0.05, 0) is 36.4 Å². The van der Waals surface area contributed by atoms with Crippen molar-refractivity contribution in [1.29, 1.82) is 0 Å². The Balaban J connectivity index is 1.58. The summed E-state index contributed by atoms with van der Waals surface area (Å²) in [7, 11) is 2.96. The molecule has 1 N–H and O–H groups in total. The molecular formula is C25H23FN2O5. The van der Waals surface area contributed by atoms with Gasteiger partial charge in [-0.3, -0.25) is 9.59 Å². The van der Waals surface area contributed by atoms with Crippen LogP contribution in [0.3, 0.4) is 0 Å². The number of ether oxygens (including phenoxy) is 3. The van der Waals surface area contributed by atoms with E-state index in [0.29, 0.717) is 34.1 Å². The van der Waals surface area contributed by atoms with Crippen LogP contribution in [0.2, 0.25) is 0 Å². The van der Waals surface area contributed by atoms with E-state index in [-0.39, 0.29) is 37.0 Å². The number of rotatable bonds is 6. The van der Waals surface area contributed by atoms with Gasteiger partial charge < -0.3 is 24.4 Å². The number of methoxy groups -OCH3 is 2. The number of hydrogen-bond donors (Lipinski definition) is 1. The van der Waals surface area contributed by atoms with Crippen molar-refractivity contribution < 1.29 is 28.2 Å². The molecule has 0 fully saturated rings. The van der Waals surface area contributed by atoms with E-state index in [1.807, 2.05) is 0 Å². The Labute approximate surface area is 190 Å². The van der Waals surface area contributed by atoms with Crippen molar-refractivity contribution >= 4 is 17.5 Å². The van der Waals surface area contributed by atoms with Gasteiger partial charge in [0.15, 0.2) is 6.61 Å². The number of amides is 2. The molecule has 0 radical (unpaired) electrons. The Morgan fingerprint density at radius 1 is 1.06 bits per heavy atom. The quantitative estimate of drug-likeness (QED) is 0.614. The molecule has 0 atom stereocenters. The predicted molar refractivity (Wildman–Crippen MR) is 120 cm³/mol. The highest BCUT2D eigenvalue weighted by Gasteiger charge is 2.24. The molecule has 1 aliphatic heterocycles. The van der Waals surface area contributed by atoms with Gasteiger partial charge in [0.25, 0.3) is 11.8 Å². The van der Waals surface area contributed by atoms with E-state index in [1.165, 1.54) is 25.2 Å². The summed E-state index contributed by atoms with van der Waals surface area (Å²) < 4.78 is 30.4. The lowest BCUT2D eigenvalue weighted by Gasteiger charge is -2.20. The molecule has 0 aliphatic carbocycles. The van der Waals surface area contributed by atoms with E-state index in [9.17, 15) is 14.0 Å². The van der Waals surface area contributed by atoms with Crippen LogP contribution in [0.1, 0.15) is 21.5 Å². The van der Waals surface area contributed by atoms with Crippen LogP contribution in [0.15, 0.2) is 60.7 Å². The zero-order valence-corrected chi connectivity index (χ0v) is 18.3. The first kappa shape index (κ1) is 22.1. The van der Waals surface area contributed by atoms with Gasteiger partial charge in [0.2, 0.25) is 0 Å². The van der Waals surface area contributed by atoms with Crippen molar-refractivity contribution in [3.05, 3.63) is 83.2 Å². The van der Waals surface area contributed by atoms with E-state index in [2.05, 4.69) is 5.32 Å². The van der Waals surface area contributed by atoms with Crippen LogP contribution in [-0.2, 0) is 17.9 Å². The number of hydrogen-bond acceptors (Lipinski definition) is 5. The molecular weight excluding hydrogens is 427 g/mol. The minimum atomic E-state index is -0.405. The minimum Gasteiger partial charge on any atom is -0.496 e. The summed E-state index contributed by atoms with van der Waals surface area (Å²) in [5, 5.41) is 2.85. The van der Waals surface area contributed by atoms with Gasteiger partial charge in [0.05, 0.1) is 14.2 Å². The number of nitrogens with one attached hydrogen (secondary N) is 1. The van der Waals surface area contributed by atoms with Gasteiger partial charge in [0.1, 0.15) is 28.6 Å². The summed E-state index contributed by atoms with van der Waals surface area (Å²) in [6, 6.07) is 16.5. The number of anilines is 1. The van der Waals surface area contributed by atoms with E-state index >= 15 is 0 Å². The molecule has 33 heavy (non-hydrogen) atoms. The number of nitrogens with zero attached hydrogens (tertiary/aromatic N) is 1. The maximum Gasteiger partial charge on any atom is 0.263 e. The van der Waals surface area contributed by atoms with Gasteiger partial charge in [-0.15, -0.1) is 0 Å². The Morgan fingerprint density at radius 2 is 1.79 bits per heavy atom. The van der Waals surface area contributed by atoms with Gasteiger partial charge in [0, 0.05) is 29.9 Å². The SMILES string of the molecule is COc1cccc(OC)c1C(=O)Nc1ccc2c(c1)CN(Cc1ccccc1F)C(=O)CO2. The molecule has 0 bridgehead atoms. The van der Waals surface area contributed by atoms with Crippen molar-refractivity contribution in [1.82, 2.24) is 4.90 Å². The number of halogens is 1. The highest BCUT2D eigenvalue weighted by molar-refractivity contribution is 6.08. The molecule has 0 saturated heterocycles. The average molecular weight is 450 g/mol. The second-order valence-electron chi connectivity index (χ2n) is 7.44. The zero-order valence-electron chi connectivity index (χ0n) is 18.3. The second-order valence-corrected chi connectivity index (χ2v) is 7.44. The summed E-state index contributed by atoms with van der Waals surface area (Å²) in [4.78, 5) is 27.1. The summed E-state index contributed by atoms with van der Waals surface area (Å²) in [5.74, 6) is 0.268. The molecule has 8 heteroatoms. The van der Waals surface area contributed by atoms with Crippen LogP contribution in [-0.4, -0.2) is 37.5 Å². The Morgan fingerprint density at radius 3 is 2.48 bits per heavy atom. The van der Waals surface area contributed by atoms with Crippen molar-refractivity contribution in [3.63, 3.8) is 0 Å². The number of fused-ring (bicyclic) bond motifs is 1. The maximum absolute atomic E-state index is 14.1. The molecule has 0 spiro atoms. The lowest BCUT2D eigenvalue weighted by atomic mass is 10.1. The molecule has 7 nitrogen and oxygen atoms in total. The largest absolute Gasteiger partial charge is 0.496 e. The van der Waals surface area contributed by atoms with Gasteiger partial charge in [-0.25, -0.2) is 4.39 Å². The minimum absolute atomic E-state index is 0.114. The van der Waals surface area contributed by atoms with Crippen molar-refractivity contribution in [3.8, 4) is 17.2 Å². The lowest BCUT2D eigenvalue weighted by Crippen LogP contribution is -2.32. The molecule has 3 aromatic carbocycles. The average Bonchev–Trinajstić information content (AvgIpc) is 2.98. The molecule has 0 unspecified atom stereocenters. The zero-order chi connectivity index (χ0) is 23.4. The van der Waals surface area contributed by atoms with Crippen molar-refractivity contribution in [2.45, 2.75) is 13.1 Å². The molecule has 2 amide bonds. The van der Waals surface area contributed by atoms with Crippen LogP contribution in [0, 0.1) is 5.82 Å². The molecule has 3 aromatic rings. The van der Waals surface area contributed by atoms with Crippen LogP contribution in [0.5, 0.6) is 17.2 Å². The van der Waals surface area contributed by atoms with Crippen LogP contribution < -0.4 is 19.5 Å². The van der Waals surface area contributed by atoms with Crippen molar-refractivity contribution in [2.24, 2.45) is 0 Å². The smallest absolute Gasteiger partial charge is 0.263 e. The molecule has 170 valence electrons. The van der Waals surface area contributed by atoms with E-state index in [4.69, 9.17) is 14.2 Å². The molecule has 1 heterocycles. The topological polar surface area (TPSA) is 77.1 Å². The molecule has 1 aliphatic rings. The van der Waals surface area contributed by atoms with Crippen LogP contribution in [0.4, 0.5) is 10.1 Å². The fourth-order valence-corrected chi connectivity index (χ4v) is 3.69. The lowest BCUT2D eigenvalue weighted by molar-refractivity contribution is -0.133. The van der Waals surface area contributed by atoms with E-state index in [1.54, 1.807) is 54.6 Å². The Kier molecular flexibility index (Phi) is 6.44. The third-order valence-electron chi connectivity index (χ3n) is 5.36. The van der Waals surface area contributed by atoms with E-state index < -0.39 is 5.91 Å². The number of benzene rings is 3. The van der Waals surface area contributed by atoms with Crippen LogP contribution >= 0.6 is 0 Å². The summed E-state index contributed by atoms with van der Waals surface area (Å²) in [5.41, 5.74) is 1.89. The number of carbonyl (C=O) groups excluding carboxylic acids is 2.